The zero-order chi connectivity index (χ0) is 13.1. The summed E-state index contributed by atoms with van der Waals surface area (Å²) in [5.74, 6) is 1.15. The van der Waals surface area contributed by atoms with Gasteiger partial charge in [0.05, 0.1) is 11.8 Å². The van der Waals surface area contributed by atoms with Crippen molar-refractivity contribution in [3.05, 3.63) is 23.8 Å². The first-order chi connectivity index (χ1) is 8.54. The summed E-state index contributed by atoms with van der Waals surface area (Å²) in [4.78, 5) is 15.9. The molecule has 0 radical (unpaired) electrons. The summed E-state index contributed by atoms with van der Waals surface area (Å²) >= 11 is 0. The van der Waals surface area contributed by atoms with Crippen LogP contribution in [0.3, 0.4) is 0 Å². The molecule has 0 saturated carbocycles. The van der Waals surface area contributed by atoms with Crippen LogP contribution in [0.2, 0.25) is 0 Å². The van der Waals surface area contributed by atoms with Crippen LogP contribution in [0, 0.1) is 12.8 Å². The number of rotatable bonds is 4. The van der Waals surface area contributed by atoms with Gasteiger partial charge in [0.1, 0.15) is 5.82 Å². The number of H-pyrrole nitrogens is 1. The Labute approximate surface area is 105 Å². The smallest absolute Gasteiger partial charge is 0.261 e. The lowest BCUT2D eigenvalue weighted by Gasteiger charge is -2.03. The Morgan fingerprint density at radius 1 is 1.56 bits per heavy atom. The third-order valence-electron chi connectivity index (χ3n) is 2.27. The highest BCUT2D eigenvalue weighted by molar-refractivity contribution is 6.02. The van der Waals surface area contributed by atoms with Gasteiger partial charge in [0.2, 0.25) is 5.95 Å². The summed E-state index contributed by atoms with van der Waals surface area (Å²) in [5, 5.41) is 13.2. The van der Waals surface area contributed by atoms with Crippen LogP contribution in [0.15, 0.2) is 12.4 Å². The van der Waals surface area contributed by atoms with E-state index in [1.54, 1.807) is 17.8 Å². The average Bonchev–Trinajstić information content (AvgIpc) is 2.87. The molecule has 7 heteroatoms. The van der Waals surface area contributed by atoms with Crippen molar-refractivity contribution in [2.45, 2.75) is 27.3 Å². The van der Waals surface area contributed by atoms with E-state index in [2.05, 4.69) is 39.4 Å². The highest BCUT2D eigenvalue weighted by Crippen LogP contribution is 2.05. The van der Waals surface area contributed by atoms with Crippen molar-refractivity contribution in [2.24, 2.45) is 5.92 Å². The van der Waals surface area contributed by atoms with Gasteiger partial charge in [-0.2, -0.15) is 10.1 Å². The molecule has 7 nitrogen and oxygen atoms in total. The number of hydrogen-bond donors (Lipinski definition) is 2. The van der Waals surface area contributed by atoms with Crippen molar-refractivity contribution < 1.29 is 4.79 Å². The molecule has 1 amide bonds. The van der Waals surface area contributed by atoms with Gasteiger partial charge in [-0.05, 0) is 12.8 Å². The number of aromatic nitrogens is 5. The highest BCUT2D eigenvalue weighted by atomic mass is 16.1. The molecule has 2 N–H and O–H groups in total. The van der Waals surface area contributed by atoms with Crippen LogP contribution in [0.4, 0.5) is 5.95 Å². The second-order valence-electron chi connectivity index (χ2n) is 4.54. The van der Waals surface area contributed by atoms with E-state index in [0.717, 1.165) is 6.54 Å². The van der Waals surface area contributed by atoms with Gasteiger partial charge < -0.3 is 0 Å². The fourth-order valence-corrected chi connectivity index (χ4v) is 1.53. The largest absolute Gasteiger partial charge is 0.289 e. The molecule has 18 heavy (non-hydrogen) atoms. The molecule has 0 saturated heterocycles. The Morgan fingerprint density at radius 2 is 2.33 bits per heavy atom. The first kappa shape index (κ1) is 12.3. The maximum atomic E-state index is 11.9. The zero-order valence-corrected chi connectivity index (χ0v) is 10.6. The minimum Gasteiger partial charge on any atom is -0.289 e. The highest BCUT2D eigenvalue weighted by Gasteiger charge is 2.11. The number of carbonyl (C=O) groups excluding carboxylic acids is 1. The molecule has 0 spiro atoms. The van der Waals surface area contributed by atoms with Gasteiger partial charge in [0.15, 0.2) is 0 Å². The molecule has 2 aromatic heterocycles. The molecule has 0 unspecified atom stereocenters. The van der Waals surface area contributed by atoms with E-state index in [0.29, 0.717) is 17.3 Å². The van der Waals surface area contributed by atoms with Crippen LogP contribution in [-0.4, -0.2) is 30.9 Å². The second-order valence-corrected chi connectivity index (χ2v) is 4.54. The summed E-state index contributed by atoms with van der Waals surface area (Å²) < 4.78 is 1.75. The molecule has 0 bridgehead atoms. The van der Waals surface area contributed by atoms with Gasteiger partial charge in [-0.1, -0.05) is 13.8 Å². The van der Waals surface area contributed by atoms with Crippen LogP contribution >= 0.6 is 0 Å². The Bertz CT molecular complexity index is 541. The van der Waals surface area contributed by atoms with Crippen molar-refractivity contribution in [3.63, 3.8) is 0 Å². The van der Waals surface area contributed by atoms with Crippen LogP contribution in [0.5, 0.6) is 0 Å². The van der Waals surface area contributed by atoms with Crippen molar-refractivity contribution >= 4 is 11.9 Å². The van der Waals surface area contributed by atoms with Crippen LogP contribution in [-0.2, 0) is 6.54 Å². The predicted molar refractivity (Wildman–Crippen MR) is 66.1 cm³/mol. The van der Waals surface area contributed by atoms with Crippen molar-refractivity contribution in [1.82, 2.24) is 25.0 Å². The number of aromatic amines is 1. The third-order valence-corrected chi connectivity index (χ3v) is 2.27. The maximum absolute atomic E-state index is 11.9. The summed E-state index contributed by atoms with van der Waals surface area (Å²) in [6.07, 6.45) is 3.26. The Kier molecular flexibility index (Phi) is 3.40. The number of carbonyl (C=O) groups is 1. The topological polar surface area (TPSA) is 88.5 Å². The number of nitrogens with zero attached hydrogens (tertiary/aromatic N) is 4. The molecule has 0 atom stereocenters. The van der Waals surface area contributed by atoms with E-state index in [9.17, 15) is 4.79 Å². The fourth-order valence-electron chi connectivity index (χ4n) is 1.53. The second kappa shape index (κ2) is 4.99. The Morgan fingerprint density at radius 3 is 2.94 bits per heavy atom. The number of nitrogens with one attached hydrogen (secondary N) is 2. The molecule has 0 aliphatic heterocycles. The number of anilines is 1. The van der Waals surface area contributed by atoms with E-state index in [1.807, 2.05) is 0 Å². The predicted octanol–water partition coefficient (Wildman–Crippen LogP) is 1.22. The van der Waals surface area contributed by atoms with Crippen molar-refractivity contribution in [1.29, 1.82) is 0 Å². The zero-order valence-electron chi connectivity index (χ0n) is 10.6. The molecule has 0 aliphatic carbocycles. The van der Waals surface area contributed by atoms with E-state index < -0.39 is 0 Å². The van der Waals surface area contributed by atoms with E-state index in [-0.39, 0.29) is 11.9 Å². The molecular formula is C11H16N6O. The first-order valence-electron chi connectivity index (χ1n) is 5.77. The molecule has 0 fully saturated rings. The van der Waals surface area contributed by atoms with Gasteiger partial charge in [-0.3, -0.25) is 19.9 Å². The molecule has 2 heterocycles. The molecule has 2 rings (SSSR count). The van der Waals surface area contributed by atoms with Gasteiger partial charge in [-0.25, -0.2) is 0 Å². The van der Waals surface area contributed by atoms with Gasteiger partial charge in [-0.15, -0.1) is 5.10 Å². The maximum Gasteiger partial charge on any atom is 0.261 e. The van der Waals surface area contributed by atoms with E-state index in [4.69, 9.17) is 0 Å². The summed E-state index contributed by atoms with van der Waals surface area (Å²) in [5.41, 5.74) is 0.498. The number of aryl methyl sites for hydroxylation is 1. The Balaban J connectivity index is 2.02. The monoisotopic (exact) mass is 248 g/mol. The van der Waals surface area contributed by atoms with Crippen LogP contribution < -0.4 is 5.32 Å². The lowest BCUT2D eigenvalue weighted by molar-refractivity contribution is 0.102. The minimum atomic E-state index is -0.260. The molecule has 2 aromatic rings. The number of amides is 1. The van der Waals surface area contributed by atoms with Crippen molar-refractivity contribution in [3.8, 4) is 0 Å². The van der Waals surface area contributed by atoms with Gasteiger partial charge in [0.25, 0.3) is 5.91 Å². The molecule has 96 valence electrons. The standard InChI is InChI=1S/C11H16N6O/c1-7(2)5-17-6-9(4-12-17)10(18)14-11-13-8(3)15-16-11/h4,6-7H,5H2,1-3H3,(H2,13,14,15,16,18). The Hall–Kier alpha value is -2.18. The molecular weight excluding hydrogens is 232 g/mol. The quantitative estimate of drug-likeness (QED) is 0.851. The minimum absolute atomic E-state index is 0.260. The molecule has 0 aliphatic rings. The lowest BCUT2D eigenvalue weighted by atomic mass is 10.2. The van der Waals surface area contributed by atoms with Gasteiger partial charge in [0, 0.05) is 12.7 Å². The first-order valence-corrected chi connectivity index (χ1v) is 5.77. The number of hydrogen-bond acceptors (Lipinski definition) is 4. The normalized spacial score (nSPS) is 10.9. The summed E-state index contributed by atoms with van der Waals surface area (Å²) in [6.45, 7) is 6.74. The third kappa shape index (κ3) is 2.93. The fraction of sp³-hybridized carbons (Fsp3) is 0.455. The lowest BCUT2D eigenvalue weighted by Crippen LogP contribution is -2.12. The van der Waals surface area contributed by atoms with Gasteiger partial charge >= 0.3 is 0 Å². The molecule has 0 aromatic carbocycles. The summed E-state index contributed by atoms with van der Waals surface area (Å²) in [7, 11) is 0. The van der Waals surface area contributed by atoms with E-state index >= 15 is 0 Å². The van der Waals surface area contributed by atoms with Crippen LogP contribution in [0.1, 0.15) is 30.0 Å². The van der Waals surface area contributed by atoms with Crippen LogP contribution in [0.25, 0.3) is 0 Å². The summed E-state index contributed by atoms with van der Waals surface area (Å²) in [6, 6.07) is 0. The van der Waals surface area contributed by atoms with E-state index in [1.165, 1.54) is 6.20 Å². The average molecular weight is 248 g/mol. The SMILES string of the molecule is Cc1nc(NC(=O)c2cnn(CC(C)C)c2)n[nH]1. The van der Waals surface area contributed by atoms with Crippen molar-refractivity contribution in [2.75, 3.05) is 5.32 Å².